The number of carboxylic acid groups (broad SMARTS) is 1. The molecule has 1 unspecified atom stereocenters. The first kappa shape index (κ1) is 17.9. The van der Waals surface area contributed by atoms with Crippen LogP contribution in [0.15, 0.2) is 24.3 Å². The van der Waals surface area contributed by atoms with Gasteiger partial charge in [-0.05, 0) is 30.7 Å². The van der Waals surface area contributed by atoms with E-state index in [9.17, 15) is 14.4 Å². The number of morpholine rings is 1. The number of ketones is 1. The minimum atomic E-state index is -1.07. The van der Waals surface area contributed by atoms with Gasteiger partial charge in [-0.25, -0.2) is 4.79 Å². The van der Waals surface area contributed by atoms with Crippen molar-refractivity contribution in [2.75, 3.05) is 26.8 Å². The van der Waals surface area contributed by atoms with Crippen molar-refractivity contribution in [3.8, 4) is 5.75 Å². The fraction of sp³-hybridized carbons (Fsp3) is 0.471. The zero-order valence-corrected chi connectivity index (χ0v) is 13.6. The summed E-state index contributed by atoms with van der Waals surface area (Å²) in [6, 6.07) is 6.83. The highest BCUT2D eigenvalue weighted by Gasteiger charge is 2.28. The molecular weight excluding hydrogens is 314 g/mol. The Balaban J connectivity index is 1.77. The number of Topliss-reactive ketones (excluding diaryl/α,β-unsaturated/α-hetero) is 1. The molecule has 0 saturated carbocycles. The molecule has 0 aliphatic carbocycles. The van der Waals surface area contributed by atoms with Gasteiger partial charge in [0.1, 0.15) is 5.75 Å². The molecule has 1 aromatic rings. The quantitative estimate of drug-likeness (QED) is 0.756. The third kappa shape index (κ3) is 4.79. The second-order valence-corrected chi connectivity index (χ2v) is 5.54. The third-order valence-corrected chi connectivity index (χ3v) is 3.90. The van der Waals surface area contributed by atoms with Crippen molar-refractivity contribution in [1.29, 1.82) is 0 Å². The molecule has 0 radical (unpaired) electrons. The number of carbonyl (C=O) groups excluding carboxylic acids is 2. The molecule has 0 bridgehead atoms. The summed E-state index contributed by atoms with van der Waals surface area (Å²) in [6.07, 6.45) is -0.0544. The number of rotatable bonds is 7. The van der Waals surface area contributed by atoms with Crippen LogP contribution >= 0.6 is 0 Å². The molecule has 0 aromatic heterocycles. The minimum Gasteiger partial charge on any atom is -0.497 e. The molecule has 130 valence electrons. The Labute approximate surface area is 140 Å². The van der Waals surface area contributed by atoms with E-state index in [1.165, 1.54) is 4.90 Å². The summed E-state index contributed by atoms with van der Waals surface area (Å²) in [7, 11) is 1.56. The van der Waals surface area contributed by atoms with Crippen LogP contribution in [0.1, 0.15) is 29.6 Å². The monoisotopic (exact) mass is 335 g/mol. The Morgan fingerprint density at radius 3 is 2.58 bits per heavy atom. The van der Waals surface area contributed by atoms with Crippen LogP contribution in [0.3, 0.4) is 0 Å². The molecule has 1 aromatic carbocycles. The lowest BCUT2D eigenvalue weighted by Crippen LogP contribution is -2.48. The zero-order valence-electron chi connectivity index (χ0n) is 13.6. The summed E-state index contributed by atoms with van der Waals surface area (Å²) in [6.45, 7) is 0.656. The maximum atomic E-state index is 12.1. The van der Waals surface area contributed by atoms with Crippen LogP contribution in [-0.2, 0) is 14.3 Å². The highest BCUT2D eigenvalue weighted by molar-refractivity contribution is 5.96. The summed E-state index contributed by atoms with van der Waals surface area (Å²) in [5.41, 5.74) is 0.584. The van der Waals surface area contributed by atoms with Crippen LogP contribution in [0.4, 0.5) is 0 Å². The second kappa shape index (κ2) is 8.44. The van der Waals surface area contributed by atoms with Gasteiger partial charge in [-0.15, -0.1) is 0 Å². The summed E-state index contributed by atoms with van der Waals surface area (Å²) in [4.78, 5) is 36.6. The first-order chi connectivity index (χ1) is 11.5. The molecule has 1 N–H and O–H groups in total. The smallest absolute Gasteiger partial charge is 0.334 e. The maximum Gasteiger partial charge on any atom is 0.334 e. The molecule has 24 heavy (non-hydrogen) atoms. The van der Waals surface area contributed by atoms with Crippen molar-refractivity contribution in [3.63, 3.8) is 0 Å². The highest BCUT2D eigenvalue weighted by atomic mass is 16.5. The number of methoxy groups -OCH3 is 1. The number of hydrogen-bond acceptors (Lipinski definition) is 5. The molecule has 7 heteroatoms. The van der Waals surface area contributed by atoms with Crippen LogP contribution in [0, 0.1) is 0 Å². The van der Waals surface area contributed by atoms with E-state index in [0.717, 1.165) is 0 Å². The summed E-state index contributed by atoms with van der Waals surface area (Å²) in [5.74, 6) is -0.563. The Kier molecular flexibility index (Phi) is 6.31. The van der Waals surface area contributed by atoms with E-state index in [1.54, 1.807) is 31.4 Å². The van der Waals surface area contributed by atoms with Crippen LogP contribution in [0.2, 0.25) is 0 Å². The van der Waals surface area contributed by atoms with Crippen molar-refractivity contribution in [2.24, 2.45) is 0 Å². The van der Waals surface area contributed by atoms with E-state index in [-0.39, 0.29) is 37.7 Å². The summed E-state index contributed by atoms with van der Waals surface area (Å²) < 4.78 is 10.1. The molecule has 1 fully saturated rings. The van der Waals surface area contributed by atoms with Gasteiger partial charge in [0.25, 0.3) is 0 Å². The molecule has 1 aliphatic rings. The Hall–Kier alpha value is -2.41. The van der Waals surface area contributed by atoms with E-state index in [1.807, 2.05) is 0 Å². The van der Waals surface area contributed by atoms with E-state index < -0.39 is 12.1 Å². The second-order valence-electron chi connectivity index (χ2n) is 5.54. The zero-order chi connectivity index (χ0) is 17.5. The molecule has 1 heterocycles. The molecule has 7 nitrogen and oxygen atoms in total. The minimum absolute atomic E-state index is 0.0316. The SMILES string of the molecule is COc1ccc(C(=O)CCCC(=O)N2CCOC(C(=O)O)C2)cc1. The number of carboxylic acids is 1. The van der Waals surface area contributed by atoms with Gasteiger partial charge >= 0.3 is 5.97 Å². The van der Waals surface area contributed by atoms with Gasteiger partial charge in [0.2, 0.25) is 5.91 Å². The van der Waals surface area contributed by atoms with Crippen molar-refractivity contribution in [2.45, 2.75) is 25.4 Å². The van der Waals surface area contributed by atoms with Gasteiger partial charge in [-0.2, -0.15) is 0 Å². The third-order valence-electron chi connectivity index (χ3n) is 3.90. The molecular formula is C17H21NO6. The lowest BCUT2D eigenvalue weighted by atomic mass is 10.0. The first-order valence-corrected chi connectivity index (χ1v) is 7.80. The van der Waals surface area contributed by atoms with Gasteiger partial charge in [0.15, 0.2) is 11.9 Å². The Morgan fingerprint density at radius 1 is 1.25 bits per heavy atom. The predicted octanol–water partition coefficient (Wildman–Crippen LogP) is 1.36. The number of hydrogen-bond donors (Lipinski definition) is 1. The van der Waals surface area contributed by atoms with Gasteiger partial charge in [0, 0.05) is 24.9 Å². The largest absolute Gasteiger partial charge is 0.497 e. The maximum absolute atomic E-state index is 12.1. The number of aliphatic carboxylic acids is 1. The van der Waals surface area contributed by atoms with Crippen molar-refractivity contribution < 1.29 is 29.0 Å². The standard InChI is InChI=1S/C17H21NO6/c1-23-13-7-5-12(6-8-13)14(19)3-2-4-16(20)18-9-10-24-15(11-18)17(21)22/h5-8,15H,2-4,9-11H2,1H3,(H,21,22). The first-order valence-electron chi connectivity index (χ1n) is 7.80. The molecule has 1 amide bonds. The number of ether oxygens (including phenoxy) is 2. The van der Waals surface area contributed by atoms with Gasteiger partial charge in [0.05, 0.1) is 20.3 Å². The predicted molar refractivity (Wildman–Crippen MR) is 85.1 cm³/mol. The average Bonchev–Trinajstić information content (AvgIpc) is 2.61. The van der Waals surface area contributed by atoms with E-state index in [0.29, 0.717) is 24.3 Å². The lowest BCUT2D eigenvalue weighted by Gasteiger charge is -2.30. The molecule has 0 spiro atoms. The molecule has 1 atom stereocenters. The average molecular weight is 335 g/mol. The fourth-order valence-electron chi connectivity index (χ4n) is 2.50. The Morgan fingerprint density at radius 2 is 1.96 bits per heavy atom. The van der Waals surface area contributed by atoms with Crippen LogP contribution in [0.25, 0.3) is 0 Å². The lowest BCUT2D eigenvalue weighted by molar-refractivity contribution is -0.159. The summed E-state index contributed by atoms with van der Waals surface area (Å²) >= 11 is 0. The highest BCUT2D eigenvalue weighted by Crippen LogP contribution is 2.15. The topological polar surface area (TPSA) is 93.1 Å². The van der Waals surface area contributed by atoms with Crippen LogP contribution in [0.5, 0.6) is 5.75 Å². The van der Waals surface area contributed by atoms with Crippen molar-refractivity contribution in [1.82, 2.24) is 4.90 Å². The van der Waals surface area contributed by atoms with Crippen LogP contribution < -0.4 is 4.74 Å². The summed E-state index contributed by atoms with van der Waals surface area (Å²) in [5, 5.41) is 8.93. The number of benzene rings is 1. The number of nitrogens with zero attached hydrogens (tertiary/aromatic N) is 1. The van der Waals surface area contributed by atoms with Crippen LogP contribution in [-0.4, -0.2) is 60.6 Å². The van der Waals surface area contributed by atoms with Crippen molar-refractivity contribution in [3.05, 3.63) is 29.8 Å². The molecule has 2 rings (SSSR count). The van der Waals surface area contributed by atoms with Gasteiger partial charge < -0.3 is 19.5 Å². The van der Waals surface area contributed by atoms with E-state index >= 15 is 0 Å². The van der Waals surface area contributed by atoms with E-state index in [2.05, 4.69) is 0 Å². The van der Waals surface area contributed by atoms with Gasteiger partial charge in [-0.3, -0.25) is 9.59 Å². The Bertz CT molecular complexity index is 598. The van der Waals surface area contributed by atoms with Gasteiger partial charge in [-0.1, -0.05) is 0 Å². The molecule has 1 saturated heterocycles. The number of amides is 1. The van der Waals surface area contributed by atoms with E-state index in [4.69, 9.17) is 14.6 Å². The molecule has 1 aliphatic heterocycles. The van der Waals surface area contributed by atoms with Crippen molar-refractivity contribution >= 4 is 17.7 Å². The number of carbonyl (C=O) groups is 3. The normalized spacial score (nSPS) is 17.4. The fourth-order valence-corrected chi connectivity index (χ4v) is 2.50.